The van der Waals surface area contributed by atoms with Crippen LogP contribution in [0.3, 0.4) is 0 Å². The number of aryl methyl sites for hydroxylation is 2. The van der Waals surface area contributed by atoms with Crippen molar-refractivity contribution in [3.8, 4) is 23.0 Å². The Morgan fingerprint density at radius 3 is 0.895 bits per heavy atom. The predicted octanol–water partition coefficient (Wildman–Crippen LogP) is 9.16. The molecule has 1 radical (unpaired) electrons. The molecule has 4 rings (SSSR count). The Labute approximate surface area is 346 Å². The molecule has 4 aromatic carbocycles. The number of carboxylic acid groups (broad SMARTS) is 2. The molecule has 0 unspecified atom stereocenters. The van der Waals surface area contributed by atoms with Crippen LogP contribution in [0.4, 0.5) is 0 Å². The van der Waals surface area contributed by atoms with E-state index in [9.17, 15) is 29.4 Å². The number of benzene rings is 4. The number of carbonyl (C=O) groups is 4. The van der Waals surface area contributed by atoms with Gasteiger partial charge >= 0.3 is 40.9 Å². The molecule has 10 nitrogen and oxygen atoms in total. The van der Waals surface area contributed by atoms with E-state index in [4.69, 9.17) is 19.7 Å². The summed E-state index contributed by atoms with van der Waals surface area (Å²) in [6.45, 7) is 26.5. The molecule has 0 atom stereocenters. The SMILES string of the molecule is Cc1cc(C(=O)O)ccc1OC(=O)c1cc(C(C)(C)C)c([O-])c(C(C)(C)C)c1.Cc1cc(C(=O)O)ccc1OC(=O)c1cc(C(C)(C)C)c([O-])c(C(C)(C)C)c1.[Mn+2]. The number of aromatic carboxylic acids is 2. The van der Waals surface area contributed by atoms with Gasteiger partial charge in [0, 0.05) is 0 Å². The minimum Gasteiger partial charge on any atom is -0.872 e. The van der Waals surface area contributed by atoms with Gasteiger partial charge in [0.15, 0.2) is 0 Å². The Morgan fingerprint density at radius 2 is 0.702 bits per heavy atom. The maximum atomic E-state index is 12.9. The molecule has 0 saturated carbocycles. The summed E-state index contributed by atoms with van der Waals surface area (Å²) in [6, 6.07) is 15.0. The van der Waals surface area contributed by atoms with Crippen LogP contribution in [0.1, 0.15) is 158 Å². The number of rotatable bonds is 6. The average Bonchev–Trinajstić information content (AvgIpc) is 3.04. The van der Waals surface area contributed by atoms with Crippen LogP contribution in [-0.2, 0) is 38.7 Å². The molecule has 0 amide bonds. The van der Waals surface area contributed by atoms with Crippen molar-refractivity contribution in [2.75, 3.05) is 0 Å². The van der Waals surface area contributed by atoms with E-state index in [0.29, 0.717) is 44.5 Å². The maximum absolute atomic E-state index is 12.9. The third-order valence-corrected chi connectivity index (χ3v) is 9.13. The summed E-state index contributed by atoms with van der Waals surface area (Å²) < 4.78 is 11.0. The van der Waals surface area contributed by atoms with Gasteiger partial charge in [0.2, 0.25) is 0 Å². The molecule has 4 aromatic rings. The molecule has 0 saturated heterocycles. The quantitative estimate of drug-likeness (QED) is 0.108. The van der Waals surface area contributed by atoms with Gasteiger partial charge in [0.25, 0.3) is 0 Å². The van der Waals surface area contributed by atoms with Gasteiger partial charge in [0.1, 0.15) is 11.5 Å². The average molecular weight is 822 g/mol. The van der Waals surface area contributed by atoms with Gasteiger partial charge in [-0.3, -0.25) is 0 Å². The van der Waals surface area contributed by atoms with Crippen LogP contribution in [0, 0.1) is 13.8 Å². The smallest absolute Gasteiger partial charge is 0.872 e. The molecule has 0 heterocycles. The normalized spacial score (nSPS) is 11.8. The Bertz CT molecular complexity index is 1950. The zero-order chi connectivity index (χ0) is 42.9. The van der Waals surface area contributed by atoms with E-state index < -0.39 is 45.5 Å². The van der Waals surface area contributed by atoms with Gasteiger partial charge in [-0.05, 0) is 130 Å². The fourth-order valence-electron chi connectivity index (χ4n) is 5.83. The van der Waals surface area contributed by atoms with Crippen molar-refractivity contribution < 1.29 is 66.1 Å². The zero-order valence-corrected chi connectivity index (χ0v) is 36.5. The second kappa shape index (κ2) is 17.6. The summed E-state index contributed by atoms with van der Waals surface area (Å²) in [6.07, 6.45) is 0. The molecular formula is C46H54MnO10. The minimum atomic E-state index is -1.04. The van der Waals surface area contributed by atoms with E-state index in [2.05, 4.69) is 0 Å². The van der Waals surface area contributed by atoms with Gasteiger partial charge in [-0.1, -0.05) is 83.1 Å². The topological polar surface area (TPSA) is 173 Å². The summed E-state index contributed by atoms with van der Waals surface area (Å²) in [7, 11) is 0. The van der Waals surface area contributed by atoms with Crippen molar-refractivity contribution in [2.24, 2.45) is 0 Å². The molecule has 305 valence electrons. The first-order valence-corrected chi connectivity index (χ1v) is 18.3. The van der Waals surface area contributed by atoms with Crippen molar-refractivity contribution in [3.63, 3.8) is 0 Å². The Hall–Kier alpha value is -5.12. The first-order chi connectivity index (χ1) is 25.4. The van der Waals surface area contributed by atoms with E-state index in [-0.39, 0.29) is 51.2 Å². The predicted molar refractivity (Wildman–Crippen MR) is 213 cm³/mol. The second-order valence-corrected chi connectivity index (χ2v) is 18.2. The summed E-state index contributed by atoms with van der Waals surface area (Å²) in [4.78, 5) is 47.8. The largest absolute Gasteiger partial charge is 2.00 e. The van der Waals surface area contributed by atoms with E-state index in [0.717, 1.165) is 0 Å². The van der Waals surface area contributed by atoms with Crippen LogP contribution in [0.15, 0.2) is 60.7 Å². The fraction of sp³-hybridized carbons (Fsp3) is 0.391. The molecule has 0 bridgehead atoms. The van der Waals surface area contributed by atoms with Crippen molar-refractivity contribution in [3.05, 3.63) is 116 Å². The number of hydrogen-bond acceptors (Lipinski definition) is 8. The number of carbonyl (C=O) groups excluding carboxylic acids is 2. The Morgan fingerprint density at radius 1 is 0.456 bits per heavy atom. The minimum absolute atomic E-state index is 0. The van der Waals surface area contributed by atoms with Gasteiger partial charge in [-0.15, -0.1) is 11.5 Å². The van der Waals surface area contributed by atoms with E-state index >= 15 is 0 Å². The van der Waals surface area contributed by atoms with Gasteiger partial charge < -0.3 is 29.9 Å². The monoisotopic (exact) mass is 821 g/mol. The van der Waals surface area contributed by atoms with Crippen molar-refractivity contribution in [1.82, 2.24) is 0 Å². The van der Waals surface area contributed by atoms with Crippen LogP contribution in [0.25, 0.3) is 0 Å². The molecule has 0 aliphatic carbocycles. The molecule has 0 aliphatic heterocycles. The van der Waals surface area contributed by atoms with Crippen molar-refractivity contribution >= 4 is 23.9 Å². The van der Waals surface area contributed by atoms with Gasteiger partial charge in [-0.2, -0.15) is 0 Å². The third kappa shape index (κ3) is 11.9. The van der Waals surface area contributed by atoms with Crippen molar-refractivity contribution in [2.45, 2.75) is 119 Å². The molecule has 0 fully saturated rings. The summed E-state index contributed by atoms with van der Waals surface area (Å²) >= 11 is 0. The van der Waals surface area contributed by atoms with E-state index in [1.54, 1.807) is 38.1 Å². The molecule has 2 N–H and O–H groups in total. The summed E-state index contributed by atoms with van der Waals surface area (Å²) in [5, 5.41) is 44.0. The van der Waals surface area contributed by atoms with E-state index in [1.807, 2.05) is 83.1 Å². The van der Waals surface area contributed by atoms with Crippen LogP contribution in [0.5, 0.6) is 23.0 Å². The maximum Gasteiger partial charge on any atom is 2.00 e. The zero-order valence-electron chi connectivity index (χ0n) is 35.3. The van der Waals surface area contributed by atoms with Crippen LogP contribution < -0.4 is 19.7 Å². The Kier molecular flexibility index (Phi) is 14.8. The van der Waals surface area contributed by atoms with Gasteiger partial charge in [-0.25, -0.2) is 19.2 Å². The molecular weight excluding hydrogens is 767 g/mol. The van der Waals surface area contributed by atoms with Crippen LogP contribution >= 0.6 is 0 Å². The van der Waals surface area contributed by atoms with Crippen LogP contribution in [0.2, 0.25) is 0 Å². The first-order valence-electron chi connectivity index (χ1n) is 18.3. The molecule has 0 aliphatic rings. The van der Waals surface area contributed by atoms with Crippen molar-refractivity contribution in [1.29, 1.82) is 0 Å². The molecule has 0 aromatic heterocycles. The fourth-order valence-corrected chi connectivity index (χ4v) is 5.83. The Balaban J connectivity index is 0.000000387. The van der Waals surface area contributed by atoms with E-state index in [1.165, 1.54) is 36.4 Å². The second-order valence-electron chi connectivity index (χ2n) is 18.2. The number of carboxylic acids is 2. The number of ether oxygens (including phenoxy) is 2. The summed E-state index contributed by atoms with van der Waals surface area (Å²) in [5.74, 6) is -2.79. The standard InChI is InChI=1S/2C23H28O5.Mn/c2*1-13-10-14(20(25)26)8-9-18(13)28-21(27)15-11-16(22(2,3)4)19(24)17(12-15)23(5,6)7;/h2*8-12,24H,1-7H3,(H,25,26);/q;;+2/p-2. The number of hydrogen-bond donors (Lipinski definition) is 2. The molecule has 0 spiro atoms. The van der Waals surface area contributed by atoms with Crippen LogP contribution in [-0.4, -0.2) is 34.1 Å². The van der Waals surface area contributed by atoms with Gasteiger partial charge in [0.05, 0.1) is 22.3 Å². The summed E-state index contributed by atoms with van der Waals surface area (Å²) in [5.41, 5.74) is 2.48. The first kappa shape index (κ1) is 48.0. The molecule has 11 heteroatoms. The number of esters is 2. The third-order valence-electron chi connectivity index (χ3n) is 9.13. The molecule has 57 heavy (non-hydrogen) atoms.